The molecule has 6 heteroatoms. The summed E-state index contributed by atoms with van der Waals surface area (Å²) in [4.78, 5) is 16.6. The molecule has 1 fully saturated rings. The molecule has 0 bridgehead atoms. The number of fused-ring (bicyclic) bond motifs is 1. The maximum absolute atomic E-state index is 12.2. The lowest BCUT2D eigenvalue weighted by molar-refractivity contribution is -0.120. The highest BCUT2D eigenvalue weighted by atomic mass is 16.3. The van der Waals surface area contributed by atoms with Crippen molar-refractivity contribution in [1.29, 1.82) is 0 Å². The zero-order valence-corrected chi connectivity index (χ0v) is 16.3. The molecule has 1 heterocycles. The van der Waals surface area contributed by atoms with Crippen molar-refractivity contribution in [2.75, 3.05) is 13.1 Å². The molecule has 2 aromatic rings. The minimum Gasteiger partial charge on any atom is -0.459 e. The number of aryl methyl sites for hydroxylation is 1. The highest BCUT2D eigenvalue weighted by molar-refractivity contribution is 5.85. The van der Waals surface area contributed by atoms with E-state index in [2.05, 4.69) is 33.9 Å². The van der Waals surface area contributed by atoms with Gasteiger partial charge in [-0.2, -0.15) is 0 Å². The second-order valence-corrected chi connectivity index (χ2v) is 7.10. The summed E-state index contributed by atoms with van der Waals surface area (Å²) in [6.45, 7) is 5.45. The lowest BCUT2D eigenvalue weighted by Crippen LogP contribution is -2.40. The number of amides is 1. The SMILES string of the molecule is CCNC(=NCC(=O)NC1CCCCC1)NCc1oc2ccccc2c1C. The number of furan rings is 1. The molecular weight excluding hydrogens is 340 g/mol. The average molecular weight is 370 g/mol. The van der Waals surface area contributed by atoms with Gasteiger partial charge in [-0.1, -0.05) is 37.5 Å². The molecule has 1 aromatic heterocycles. The largest absolute Gasteiger partial charge is 0.459 e. The van der Waals surface area contributed by atoms with Crippen molar-refractivity contribution >= 4 is 22.8 Å². The second-order valence-electron chi connectivity index (χ2n) is 7.10. The maximum atomic E-state index is 12.2. The fraction of sp³-hybridized carbons (Fsp3) is 0.524. The maximum Gasteiger partial charge on any atom is 0.242 e. The van der Waals surface area contributed by atoms with Crippen LogP contribution in [0.1, 0.15) is 50.4 Å². The number of carbonyl (C=O) groups is 1. The fourth-order valence-corrected chi connectivity index (χ4v) is 3.57. The predicted molar refractivity (Wildman–Crippen MR) is 109 cm³/mol. The number of aliphatic imine (C=N–C) groups is 1. The first kappa shape index (κ1) is 19.3. The Hall–Kier alpha value is -2.50. The smallest absolute Gasteiger partial charge is 0.242 e. The molecule has 0 atom stereocenters. The summed E-state index contributed by atoms with van der Waals surface area (Å²) < 4.78 is 5.93. The van der Waals surface area contributed by atoms with E-state index in [4.69, 9.17) is 4.42 Å². The van der Waals surface area contributed by atoms with Gasteiger partial charge >= 0.3 is 0 Å². The van der Waals surface area contributed by atoms with Gasteiger partial charge in [0.15, 0.2) is 5.96 Å². The van der Waals surface area contributed by atoms with Crippen molar-refractivity contribution < 1.29 is 9.21 Å². The number of rotatable bonds is 6. The van der Waals surface area contributed by atoms with Crippen molar-refractivity contribution in [2.24, 2.45) is 4.99 Å². The van der Waals surface area contributed by atoms with Crippen molar-refractivity contribution in [1.82, 2.24) is 16.0 Å². The zero-order chi connectivity index (χ0) is 19.1. The number of hydrogen-bond donors (Lipinski definition) is 3. The highest BCUT2D eigenvalue weighted by Gasteiger charge is 2.15. The Kier molecular flexibility index (Phi) is 6.74. The summed E-state index contributed by atoms with van der Waals surface area (Å²) in [5.74, 6) is 1.49. The van der Waals surface area contributed by atoms with Crippen LogP contribution in [0.3, 0.4) is 0 Å². The molecule has 3 rings (SSSR count). The van der Waals surface area contributed by atoms with Gasteiger partial charge in [0.1, 0.15) is 17.9 Å². The summed E-state index contributed by atoms with van der Waals surface area (Å²) in [5.41, 5.74) is 2.02. The number of nitrogens with one attached hydrogen (secondary N) is 3. The van der Waals surface area contributed by atoms with Gasteiger partial charge in [-0.25, -0.2) is 4.99 Å². The molecule has 0 saturated heterocycles. The molecule has 0 unspecified atom stereocenters. The van der Waals surface area contributed by atoms with Gasteiger partial charge < -0.3 is 20.4 Å². The number of carbonyl (C=O) groups excluding carboxylic acids is 1. The van der Waals surface area contributed by atoms with E-state index >= 15 is 0 Å². The summed E-state index contributed by atoms with van der Waals surface area (Å²) in [6.07, 6.45) is 5.85. The van der Waals surface area contributed by atoms with Crippen LogP contribution >= 0.6 is 0 Å². The van der Waals surface area contributed by atoms with E-state index in [0.29, 0.717) is 18.5 Å². The third kappa shape index (κ3) is 5.25. The summed E-state index contributed by atoms with van der Waals surface area (Å²) in [7, 11) is 0. The van der Waals surface area contributed by atoms with Crippen LogP contribution in [0.5, 0.6) is 0 Å². The quantitative estimate of drug-likeness (QED) is 0.539. The Balaban J connectivity index is 1.56. The minimum absolute atomic E-state index is 0.0148. The van der Waals surface area contributed by atoms with Gasteiger partial charge in [0.25, 0.3) is 0 Å². The molecule has 0 radical (unpaired) electrons. The predicted octanol–water partition coefficient (Wildman–Crippen LogP) is 3.25. The van der Waals surface area contributed by atoms with Crippen molar-refractivity contribution in [2.45, 2.75) is 58.5 Å². The molecule has 1 aliphatic rings. The second kappa shape index (κ2) is 9.44. The number of para-hydroxylation sites is 1. The zero-order valence-electron chi connectivity index (χ0n) is 16.3. The summed E-state index contributed by atoms with van der Waals surface area (Å²) >= 11 is 0. The van der Waals surface area contributed by atoms with Crippen LogP contribution in [0.25, 0.3) is 11.0 Å². The molecule has 1 aromatic carbocycles. The first-order valence-corrected chi connectivity index (χ1v) is 9.96. The van der Waals surface area contributed by atoms with Crippen LogP contribution < -0.4 is 16.0 Å². The molecule has 1 saturated carbocycles. The Bertz CT molecular complexity index is 791. The standard InChI is InChI=1S/C21H30N4O2/c1-3-22-21(24-14-20(26)25-16-9-5-4-6-10-16)23-13-19-15(2)17-11-7-8-12-18(17)27-19/h7-8,11-12,16H,3-6,9-10,13-14H2,1-2H3,(H,25,26)(H2,22,23,24). The molecule has 1 amide bonds. The summed E-state index contributed by atoms with van der Waals surface area (Å²) in [5, 5.41) is 10.7. The lowest BCUT2D eigenvalue weighted by Gasteiger charge is -2.22. The van der Waals surface area contributed by atoms with E-state index in [1.54, 1.807) is 0 Å². The van der Waals surface area contributed by atoms with E-state index in [1.807, 2.05) is 25.1 Å². The molecule has 3 N–H and O–H groups in total. The molecule has 1 aliphatic carbocycles. The highest BCUT2D eigenvalue weighted by Crippen LogP contribution is 2.24. The van der Waals surface area contributed by atoms with Crippen LogP contribution in [0.4, 0.5) is 0 Å². The van der Waals surface area contributed by atoms with Crippen LogP contribution in [0.2, 0.25) is 0 Å². The van der Waals surface area contributed by atoms with Gasteiger partial charge in [-0.05, 0) is 32.8 Å². The normalized spacial score (nSPS) is 15.7. The van der Waals surface area contributed by atoms with E-state index in [9.17, 15) is 4.79 Å². The Labute approximate surface area is 160 Å². The third-order valence-corrected chi connectivity index (χ3v) is 5.05. The Morgan fingerprint density at radius 2 is 1.96 bits per heavy atom. The fourth-order valence-electron chi connectivity index (χ4n) is 3.57. The van der Waals surface area contributed by atoms with Gasteiger partial charge in [-0.3, -0.25) is 4.79 Å². The van der Waals surface area contributed by atoms with Gasteiger partial charge in [0.05, 0.1) is 6.54 Å². The minimum atomic E-state index is -0.0148. The monoisotopic (exact) mass is 370 g/mol. The van der Waals surface area contributed by atoms with Crippen LogP contribution in [-0.2, 0) is 11.3 Å². The van der Waals surface area contributed by atoms with Crippen LogP contribution in [0.15, 0.2) is 33.7 Å². The van der Waals surface area contributed by atoms with Crippen molar-refractivity contribution in [3.05, 3.63) is 35.6 Å². The van der Waals surface area contributed by atoms with Gasteiger partial charge in [0, 0.05) is 23.5 Å². The van der Waals surface area contributed by atoms with Crippen molar-refractivity contribution in [3.8, 4) is 0 Å². The van der Waals surface area contributed by atoms with Gasteiger partial charge in [-0.15, -0.1) is 0 Å². The Morgan fingerprint density at radius 1 is 1.19 bits per heavy atom. The summed E-state index contributed by atoms with van der Waals surface area (Å²) in [6, 6.07) is 8.33. The first-order valence-electron chi connectivity index (χ1n) is 9.96. The third-order valence-electron chi connectivity index (χ3n) is 5.05. The Morgan fingerprint density at radius 3 is 2.70 bits per heavy atom. The topological polar surface area (TPSA) is 78.7 Å². The number of guanidine groups is 1. The van der Waals surface area contributed by atoms with Gasteiger partial charge in [0.2, 0.25) is 5.91 Å². The average Bonchev–Trinajstić information content (AvgIpc) is 3.01. The molecule has 146 valence electrons. The number of benzene rings is 1. The van der Waals surface area contributed by atoms with Crippen LogP contribution in [0, 0.1) is 6.92 Å². The molecule has 0 spiro atoms. The first-order chi connectivity index (χ1) is 13.2. The molecule has 6 nitrogen and oxygen atoms in total. The van der Waals surface area contributed by atoms with E-state index in [0.717, 1.165) is 41.7 Å². The van der Waals surface area contributed by atoms with Crippen molar-refractivity contribution in [3.63, 3.8) is 0 Å². The molecule has 0 aliphatic heterocycles. The number of hydrogen-bond acceptors (Lipinski definition) is 3. The van der Waals surface area contributed by atoms with Crippen LogP contribution in [-0.4, -0.2) is 31.0 Å². The molecule has 27 heavy (non-hydrogen) atoms. The number of nitrogens with zero attached hydrogens (tertiary/aromatic N) is 1. The molecular formula is C21H30N4O2. The van der Waals surface area contributed by atoms with E-state index in [1.165, 1.54) is 19.3 Å². The van der Waals surface area contributed by atoms with E-state index in [-0.39, 0.29) is 12.5 Å². The lowest BCUT2D eigenvalue weighted by atomic mass is 9.95. The van der Waals surface area contributed by atoms with E-state index < -0.39 is 0 Å².